The number of halogens is 1. The molecule has 1 heterocycles. The zero-order valence-electron chi connectivity index (χ0n) is 14.9. The van der Waals surface area contributed by atoms with Gasteiger partial charge in [-0.2, -0.15) is 0 Å². The number of aryl methyl sites for hydroxylation is 1. The standard InChI is InChI=1S/C20H16BrNO5/c1-11-5-4-6-14(7-11)19-22-16(20(24)27-19)9-13-8-15(21)18(26-12(2)23)17(10-13)25-3/h4-10H,1-3H3/b16-9+. The van der Waals surface area contributed by atoms with Crippen molar-refractivity contribution in [2.24, 2.45) is 4.99 Å². The molecule has 0 aliphatic carbocycles. The molecule has 138 valence electrons. The highest BCUT2D eigenvalue weighted by atomic mass is 79.9. The second-order valence-electron chi connectivity index (χ2n) is 5.83. The van der Waals surface area contributed by atoms with Gasteiger partial charge < -0.3 is 14.2 Å². The van der Waals surface area contributed by atoms with E-state index >= 15 is 0 Å². The predicted molar refractivity (Wildman–Crippen MR) is 104 cm³/mol. The van der Waals surface area contributed by atoms with Crippen molar-refractivity contribution in [2.75, 3.05) is 7.11 Å². The molecular weight excluding hydrogens is 414 g/mol. The molecule has 6 nitrogen and oxygen atoms in total. The Labute approximate surface area is 164 Å². The Bertz CT molecular complexity index is 994. The van der Waals surface area contributed by atoms with Gasteiger partial charge in [-0.3, -0.25) is 4.79 Å². The highest BCUT2D eigenvalue weighted by Gasteiger charge is 2.24. The van der Waals surface area contributed by atoms with Crippen molar-refractivity contribution in [3.8, 4) is 11.5 Å². The van der Waals surface area contributed by atoms with Crippen LogP contribution in [0.25, 0.3) is 6.08 Å². The Hall–Kier alpha value is -2.93. The minimum absolute atomic E-state index is 0.167. The molecule has 0 fully saturated rings. The lowest BCUT2D eigenvalue weighted by molar-refractivity contribution is -0.132. The first-order valence-electron chi connectivity index (χ1n) is 8.03. The first kappa shape index (κ1) is 18.8. The molecule has 0 amide bonds. The lowest BCUT2D eigenvalue weighted by atomic mass is 10.1. The van der Waals surface area contributed by atoms with Crippen LogP contribution in [0.4, 0.5) is 0 Å². The first-order valence-corrected chi connectivity index (χ1v) is 8.82. The van der Waals surface area contributed by atoms with Crippen molar-refractivity contribution >= 4 is 39.8 Å². The van der Waals surface area contributed by atoms with E-state index in [1.54, 1.807) is 18.2 Å². The summed E-state index contributed by atoms with van der Waals surface area (Å²) in [6.07, 6.45) is 1.58. The Balaban J connectivity index is 1.97. The summed E-state index contributed by atoms with van der Waals surface area (Å²) in [4.78, 5) is 27.7. The minimum Gasteiger partial charge on any atom is -0.493 e. The van der Waals surface area contributed by atoms with Crippen LogP contribution in [0, 0.1) is 6.92 Å². The van der Waals surface area contributed by atoms with E-state index in [-0.39, 0.29) is 17.3 Å². The topological polar surface area (TPSA) is 74.2 Å². The maximum Gasteiger partial charge on any atom is 0.363 e. The van der Waals surface area contributed by atoms with E-state index in [1.165, 1.54) is 14.0 Å². The molecule has 1 aliphatic heterocycles. The number of hydrogen-bond donors (Lipinski definition) is 0. The number of methoxy groups -OCH3 is 1. The summed E-state index contributed by atoms with van der Waals surface area (Å²) >= 11 is 3.35. The first-order chi connectivity index (χ1) is 12.9. The molecule has 0 spiro atoms. The zero-order chi connectivity index (χ0) is 19.6. The SMILES string of the molecule is COc1cc(/C=C2/N=C(c3cccc(C)c3)OC2=O)cc(Br)c1OC(C)=O. The Morgan fingerprint density at radius 2 is 2.04 bits per heavy atom. The molecule has 0 bridgehead atoms. The predicted octanol–water partition coefficient (Wildman–Crippen LogP) is 4.04. The average molecular weight is 430 g/mol. The maximum atomic E-state index is 12.2. The van der Waals surface area contributed by atoms with Crippen LogP contribution in [0.15, 0.2) is 51.6 Å². The molecule has 0 saturated carbocycles. The fourth-order valence-corrected chi connectivity index (χ4v) is 3.08. The fourth-order valence-electron chi connectivity index (χ4n) is 2.53. The third-order valence-electron chi connectivity index (χ3n) is 3.69. The summed E-state index contributed by atoms with van der Waals surface area (Å²) in [6, 6.07) is 10.9. The third-order valence-corrected chi connectivity index (χ3v) is 4.28. The van der Waals surface area contributed by atoms with Crippen molar-refractivity contribution in [1.82, 2.24) is 0 Å². The van der Waals surface area contributed by atoms with Gasteiger partial charge in [-0.15, -0.1) is 0 Å². The van der Waals surface area contributed by atoms with Crippen LogP contribution in [-0.2, 0) is 14.3 Å². The third kappa shape index (κ3) is 4.25. The minimum atomic E-state index is -0.536. The fraction of sp³-hybridized carbons (Fsp3) is 0.150. The number of carbonyl (C=O) groups excluding carboxylic acids is 2. The second-order valence-corrected chi connectivity index (χ2v) is 6.69. The van der Waals surface area contributed by atoms with Crippen molar-refractivity contribution in [3.05, 3.63) is 63.3 Å². The maximum absolute atomic E-state index is 12.2. The highest BCUT2D eigenvalue weighted by Crippen LogP contribution is 2.37. The van der Waals surface area contributed by atoms with Gasteiger partial charge in [0.2, 0.25) is 5.90 Å². The van der Waals surface area contributed by atoms with Gasteiger partial charge in [-0.05, 0) is 58.8 Å². The zero-order valence-corrected chi connectivity index (χ0v) is 16.5. The normalized spacial score (nSPS) is 14.7. The lowest BCUT2D eigenvalue weighted by Crippen LogP contribution is -2.05. The molecule has 2 aromatic rings. The van der Waals surface area contributed by atoms with Crippen molar-refractivity contribution < 1.29 is 23.8 Å². The molecule has 0 radical (unpaired) electrons. The number of benzene rings is 2. The number of esters is 2. The highest BCUT2D eigenvalue weighted by molar-refractivity contribution is 9.10. The summed E-state index contributed by atoms with van der Waals surface area (Å²) in [5.74, 6) is -0.124. The molecule has 27 heavy (non-hydrogen) atoms. The molecular formula is C20H16BrNO5. The Morgan fingerprint density at radius 1 is 1.26 bits per heavy atom. The van der Waals surface area contributed by atoms with Crippen molar-refractivity contribution in [2.45, 2.75) is 13.8 Å². The van der Waals surface area contributed by atoms with E-state index in [9.17, 15) is 9.59 Å². The summed E-state index contributed by atoms with van der Waals surface area (Å²) in [5, 5.41) is 0. The van der Waals surface area contributed by atoms with E-state index in [1.807, 2.05) is 31.2 Å². The molecule has 0 unspecified atom stereocenters. The van der Waals surface area contributed by atoms with E-state index in [2.05, 4.69) is 20.9 Å². The van der Waals surface area contributed by atoms with E-state index in [0.717, 1.165) is 11.1 Å². The van der Waals surface area contributed by atoms with Crippen molar-refractivity contribution in [1.29, 1.82) is 0 Å². The van der Waals surface area contributed by atoms with Gasteiger partial charge in [-0.1, -0.05) is 17.7 Å². The number of ether oxygens (including phenoxy) is 3. The smallest absolute Gasteiger partial charge is 0.363 e. The van der Waals surface area contributed by atoms with Crippen LogP contribution in [0.2, 0.25) is 0 Å². The molecule has 0 saturated heterocycles. The van der Waals surface area contributed by atoms with E-state index < -0.39 is 11.9 Å². The molecule has 1 aliphatic rings. The number of hydrogen-bond acceptors (Lipinski definition) is 6. The van der Waals surface area contributed by atoms with Crippen LogP contribution < -0.4 is 9.47 Å². The van der Waals surface area contributed by atoms with Crippen LogP contribution >= 0.6 is 15.9 Å². The number of aliphatic imine (C=N–C) groups is 1. The van der Waals surface area contributed by atoms with Gasteiger partial charge in [0, 0.05) is 12.5 Å². The lowest BCUT2D eigenvalue weighted by Gasteiger charge is -2.11. The summed E-state index contributed by atoms with van der Waals surface area (Å²) in [7, 11) is 1.46. The van der Waals surface area contributed by atoms with Crippen molar-refractivity contribution in [3.63, 3.8) is 0 Å². The van der Waals surface area contributed by atoms with Gasteiger partial charge >= 0.3 is 11.9 Å². The number of nitrogens with zero attached hydrogens (tertiary/aromatic N) is 1. The van der Waals surface area contributed by atoms with Gasteiger partial charge in [0.15, 0.2) is 17.2 Å². The van der Waals surface area contributed by atoms with Crippen LogP contribution in [0.5, 0.6) is 11.5 Å². The monoisotopic (exact) mass is 429 g/mol. The van der Waals surface area contributed by atoms with Crippen LogP contribution in [0.3, 0.4) is 0 Å². The molecule has 7 heteroatoms. The van der Waals surface area contributed by atoms with Gasteiger partial charge in [0.1, 0.15) is 0 Å². The van der Waals surface area contributed by atoms with Gasteiger partial charge in [0.25, 0.3) is 0 Å². The summed E-state index contributed by atoms with van der Waals surface area (Å²) < 4.78 is 16.2. The van der Waals surface area contributed by atoms with E-state index in [0.29, 0.717) is 15.8 Å². The number of rotatable bonds is 4. The molecule has 2 aromatic carbocycles. The number of cyclic esters (lactones) is 1. The van der Waals surface area contributed by atoms with Crippen LogP contribution in [0.1, 0.15) is 23.6 Å². The molecule has 0 atom stereocenters. The molecule has 0 N–H and O–H groups in total. The van der Waals surface area contributed by atoms with Gasteiger partial charge in [0.05, 0.1) is 11.6 Å². The number of carbonyl (C=O) groups is 2. The Morgan fingerprint density at radius 3 is 2.70 bits per heavy atom. The molecule has 0 aromatic heterocycles. The Kier molecular flexibility index (Phi) is 5.41. The van der Waals surface area contributed by atoms with E-state index in [4.69, 9.17) is 14.2 Å². The average Bonchev–Trinajstić information content (AvgIpc) is 2.97. The summed E-state index contributed by atoms with van der Waals surface area (Å²) in [6.45, 7) is 3.25. The summed E-state index contributed by atoms with van der Waals surface area (Å²) in [5.41, 5.74) is 2.57. The second kappa shape index (κ2) is 7.75. The quantitative estimate of drug-likeness (QED) is 0.416. The van der Waals surface area contributed by atoms with Crippen LogP contribution in [-0.4, -0.2) is 24.9 Å². The largest absolute Gasteiger partial charge is 0.493 e. The molecule has 3 rings (SSSR count). The van der Waals surface area contributed by atoms with Gasteiger partial charge in [-0.25, -0.2) is 9.79 Å².